The highest BCUT2D eigenvalue weighted by molar-refractivity contribution is 7.39. The lowest BCUT2D eigenvalue weighted by Crippen LogP contribution is -2.63. The standard InChI is InChI=1S/C14H38O4Si4/c1-19(2,3)17-21(7,8)18-22(9,20(4,5)6)14-10-12-16-13-11-15/h15H,10-14H2,1-9H3. The molecule has 22 heavy (non-hydrogen) atoms. The molecule has 0 radical (unpaired) electrons. The van der Waals surface area contributed by atoms with Gasteiger partial charge in [-0.05, 0) is 51.7 Å². The van der Waals surface area contributed by atoms with Crippen molar-refractivity contribution < 1.29 is 18.1 Å². The highest BCUT2D eigenvalue weighted by Crippen LogP contribution is 2.31. The van der Waals surface area contributed by atoms with Crippen molar-refractivity contribution in [1.29, 1.82) is 0 Å². The first-order valence-corrected chi connectivity index (χ1v) is 21.7. The maximum atomic E-state index is 8.77. The van der Waals surface area contributed by atoms with Gasteiger partial charge in [-0.3, -0.25) is 0 Å². The molecular weight excluding hydrogens is 344 g/mol. The molecule has 0 bridgehead atoms. The Morgan fingerprint density at radius 2 is 1.32 bits per heavy atom. The lowest BCUT2D eigenvalue weighted by molar-refractivity contribution is 0.0924. The molecule has 134 valence electrons. The third-order valence-electron chi connectivity index (χ3n) is 3.79. The van der Waals surface area contributed by atoms with Crippen LogP contribution in [0.4, 0.5) is 0 Å². The molecule has 0 amide bonds. The van der Waals surface area contributed by atoms with Gasteiger partial charge in [0.1, 0.15) is 0 Å². The van der Waals surface area contributed by atoms with Gasteiger partial charge in [0, 0.05) is 6.61 Å². The molecule has 0 aromatic heterocycles. The summed E-state index contributed by atoms with van der Waals surface area (Å²) in [5.74, 6) is 0. The number of aliphatic hydroxyl groups is 1. The van der Waals surface area contributed by atoms with Gasteiger partial charge in [-0.1, -0.05) is 19.6 Å². The second-order valence-electron chi connectivity index (χ2n) is 8.64. The highest BCUT2D eigenvalue weighted by atomic mass is 29.3. The Bertz CT molecular complexity index is 326. The molecule has 1 atom stereocenters. The largest absolute Gasteiger partial charge is 0.439 e. The Morgan fingerprint density at radius 1 is 0.773 bits per heavy atom. The van der Waals surface area contributed by atoms with Gasteiger partial charge in [-0.2, -0.15) is 0 Å². The minimum absolute atomic E-state index is 0.100. The van der Waals surface area contributed by atoms with Crippen LogP contribution < -0.4 is 0 Å². The van der Waals surface area contributed by atoms with Gasteiger partial charge < -0.3 is 18.1 Å². The van der Waals surface area contributed by atoms with Gasteiger partial charge in [0.25, 0.3) is 0 Å². The summed E-state index contributed by atoms with van der Waals surface area (Å²) in [7, 11) is -6.83. The van der Waals surface area contributed by atoms with Crippen LogP contribution in [-0.2, 0) is 13.0 Å². The molecule has 4 nitrogen and oxygen atoms in total. The topological polar surface area (TPSA) is 47.9 Å². The zero-order valence-corrected chi connectivity index (χ0v) is 20.2. The first-order chi connectivity index (χ1) is 9.72. The predicted molar refractivity (Wildman–Crippen MR) is 105 cm³/mol. The van der Waals surface area contributed by atoms with E-state index >= 15 is 0 Å². The summed E-state index contributed by atoms with van der Waals surface area (Å²) in [5.41, 5.74) is 0. The summed E-state index contributed by atoms with van der Waals surface area (Å²) in [5, 5.41) is 8.77. The lowest BCUT2D eigenvalue weighted by atomic mass is 10.5. The summed E-state index contributed by atoms with van der Waals surface area (Å²) < 4.78 is 18.6. The van der Waals surface area contributed by atoms with E-state index in [1.54, 1.807) is 0 Å². The van der Waals surface area contributed by atoms with Gasteiger partial charge in [0.2, 0.25) is 0 Å². The normalized spacial score (nSPS) is 16.6. The van der Waals surface area contributed by atoms with Gasteiger partial charge >= 0.3 is 8.56 Å². The number of ether oxygens (including phenoxy) is 1. The molecule has 1 unspecified atom stereocenters. The van der Waals surface area contributed by atoms with Gasteiger partial charge in [-0.25, -0.2) is 0 Å². The van der Waals surface area contributed by atoms with E-state index in [0.29, 0.717) is 13.2 Å². The van der Waals surface area contributed by atoms with E-state index in [4.69, 9.17) is 18.1 Å². The molecular formula is C14H38O4Si4. The fourth-order valence-corrected chi connectivity index (χ4v) is 24.3. The van der Waals surface area contributed by atoms with Crippen molar-refractivity contribution in [3.05, 3.63) is 0 Å². The zero-order valence-electron chi connectivity index (χ0n) is 16.2. The Kier molecular flexibility index (Phi) is 8.98. The minimum Gasteiger partial charge on any atom is -0.439 e. The molecule has 0 aromatic carbocycles. The fourth-order valence-electron chi connectivity index (χ4n) is 2.56. The number of rotatable bonds is 11. The van der Waals surface area contributed by atoms with E-state index in [2.05, 4.69) is 58.9 Å². The monoisotopic (exact) mass is 382 g/mol. The maximum absolute atomic E-state index is 8.77. The summed E-state index contributed by atoms with van der Waals surface area (Å²) in [6.45, 7) is 22.0. The van der Waals surface area contributed by atoms with Crippen LogP contribution >= 0.6 is 0 Å². The second kappa shape index (κ2) is 8.70. The van der Waals surface area contributed by atoms with E-state index in [1.807, 2.05) is 0 Å². The Balaban J connectivity index is 4.82. The molecule has 0 spiro atoms. The molecule has 0 aromatic rings. The van der Waals surface area contributed by atoms with Gasteiger partial charge in [0.15, 0.2) is 16.2 Å². The van der Waals surface area contributed by atoms with Crippen LogP contribution in [0.15, 0.2) is 0 Å². The molecule has 8 heteroatoms. The van der Waals surface area contributed by atoms with Crippen molar-refractivity contribution in [2.75, 3.05) is 19.8 Å². The average molecular weight is 383 g/mol. The third-order valence-corrected chi connectivity index (χ3v) is 27.6. The Labute approximate surface area is 141 Å². The van der Waals surface area contributed by atoms with Gasteiger partial charge in [-0.15, -0.1) is 0 Å². The Hall–Kier alpha value is 0.708. The predicted octanol–water partition coefficient (Wildman–Crippen LogP) is 3.95. The summed E-state index contributed by atoms with van der Waals surface area (Å²) >= 11 is 0. The van der Waals surface area contributed by atoms with E-state index in [1.165, 1.54) is 0 Å². The van der Waals surface area contributed by atoms with Gasteiger partial charge in [0.05, 0.1) is 20.8 Å². The van der Waals surface area contributed by atoms with E-state index in [9.17, 15) is 0 Å². The molecule has 0 fully saturated rings. The summed E-state index contributed by atoms with van der Waals surface area (Å²) in [4.78, 5) is 0. The summed E-state index contributed by atoms with van der Waals surface area (Å²) in [6.07, 6.45) is 1.02. The van der Waals surface area contributed by atoms with E-state index < -0.39 is 32.3 Å². The van der Waals surface area contributed by atoms with Crippen molar-refractivity contribution in [3.8, 4) is 0 Å². The molecule has 0 aliphatic heterocycles. The summed E-state index contributed by atoms with van der Waals surface area (Å²) in [6, 6.07) is 1.12. The third kappa shape index (κ3) is 9.11. The van der Waals surface area contributed by atoms with Crippen LogP contribution in [0, 0.1) is 0 Å². The average Bonchev–Trinajstić information content (AvgIpc) is 2.22. The van der Waals surface area contributed by atoms with Crippen LogP contribution in [0.5, 0.6) is 0 Å². The van der Waals surface area contributed by atoms with Crippen LogP contribution in [0.1, 0.15) is 6.42 Å². The molecule has 0 saturated heterocycles. The Morgan fingerprint density at radius 3 is 1.73 bits per heavy atom. The van der Waals surface area contributed by atoms with E-state index in [-0.39, 0.29) is 6.61 Å². The van der Waals surface area contributed by atoms with Crippen LogP contribution in [-0.4, -0.2) is 57.2 Å². The molecule has 0 aliphatic rings. The second-order valence-corrected chi connectivity index (χ2v) is 32.4. The van der Waals surface area contributed by atoms with Crippen LogP contribution in [0.3, 0.4) is 0 Å². The number of aliphatic hydroxyl groups excluding tert-OH is 1. The SMILES string of the molecule is C[Si](C)(C)O[Si](C)(C)O[Si](C)(CCCOCCO)[Si](C)(C)C. The maximum Gasteiger partial charge on any atom is 0.311 e. The smallest absolute Gasteiger partial charge is 0.311 e. The molecule has 0 heterocycles. The molecule has 1 N–H and O–H groups in total. The van der Waals surface area contributed by atoms with Crippen molar-refractivity contribution in [2.45, 2.75) is 71.4 Å². The fraction of sp³-hybridized carbons (Fsp3) is 1.00. The lowest BCUT2D eigenvalue weighted by Gasteiger charge is -2.45. The first kappa shape index (κ1) is 22.7. The van der Waals surface area contributed by atoms with Crippen molar-refractivity contribution in [2.24, 2.45) is 0 Å². The van der Waals surface area contributed by atoms with Crippen molar-refractivity contribution in [1.82, 2.24) is 0 Å². The minimum atomic E-state index is -2.08. The first-order valence-electron chi connectivity index (χ1n) is 8.31. The number of hydrogen-bond donors (Lipinski definition) is 1. The van der Waals surface area contributed by atoms with Crippen molar-refractivity contribution in [3.63, 3.8) is 0 Å². The molecule has 0 rings (SSSR count). The van der Waals surface area contributed by atoms with Crippen LogP contribution in [0.2, 0.25) is 65.0 Å². The van der Waals surface area contributed by atoms with E-state index in [0.717, 1.165) is 12.5 Å². The zero-order chi connectivity index (χ0) is 17.7. The van der Waals surface area contributed by atoms with Crippen molar-refractivity contribution >= 4 is 32.3 Å². The highest BCUT2D eigenvalue weighted by Gasteiger charge is 2.48. The molecule has 0 aliphatic carbocycles. The van der Waals surface area contributed by atoms with Crippen LogP contribution in [0.25, 0.3) is 0 Å². The quantitative estimate of drug-likeness (QED) is 0.434. The molecule has 0 saturated carbocycles. The number of hydrogen-bond acceptors (Lipinski definition) is 4.